The van der Waals surface area contributed by atoms with E-state index in [1.807, 2.05) is 30.3 Å². The van der Waals surface area contributed by atoms with Crippen LogP contribution in [0.15, 0.2) is 83.8 Å². The van der Waals surface area contributed by atoms with Crippen LogP contribution in [0.2, 0.25) is 10.0 Å². The minimum absolute atomic E-state index is 0.0404. The zero-order valence-electron chi connectivity index (χ0n) is 23.7. The highest BCUT2D eigenvalue weighted by Crippen LogP contribution is 2.28. The third-order valence-electron chi connectivity index (χ3n) is 7.68. The molecule has 1 N–H and O–H groups in total. The Kier molecular flexibility index (Phi) is 11.4. The molecule has 1 aliphatic carbocycles. The van der Waals surface area contributed by atoms with Crippen LogP contribution in [-0.4, -0.2) is 55.1 Å². The van der Waals surface area contributed by atoms with Gasteiger partial charge in [-0.15, -0.1) is 0 Å². The molecule has 10 heteroatoms. The van der Waals surface area contributed by atoms with Gasteiger partial charge in [0.05, 0.1) is 4.90 Å². The van der Waals surface area contributed by atoms with Crippen LogP contribution in [0.25, 0.3) is 0 Å². The Bertz CT molecular complexity index is 1430. The lowest BCUT2D eigenvalue weighted by Crippen LogP contribution is -2.52. The van der Waals surface area contributed by atoms with Crippen molar-refractivity contribution < 1.29 is 18.0 Å². The Labute approximate surface area is 258 Å². The number of carbonyl (C=O) groups excluding carboxylic acids is 2. The zero-order valence-corrected chi connectivity index (χ0v) is 26.0. The van der Waals surface area contributed by atoms with E-state index in [0.29, 0.717) is 22.0 Å². The van der Waals surface area contributed by atoms with Crippen molar-refractivity contribution in [3.05, 3.63) is 100 Å². The minimum Gasteiger partial charge on any atom is -0.352 e. The van der Waals surface area contributed by atoms with Crippen molar-refractivity contribution in [2.24, 2.45) is 0 Å². The van der Waals surface area contributed by atoms with Crippen LogP contribution in [0.1, 0.15) is 49.7 Å². The van der Waals surface area contributed by atoms with E-state index in [-0.39, 0.29) is 48.7 Å². The molecule has 3 aromatic carbocycles. The first kappa shape index (κ1) is 32.0. The average molecular weight is 631 g/mol. The second-order valence-corrected chi connectivity index (χ2v) is 13.5. The fourth-order valence-corrected chi connectivity index (χ4v) is 7.01. The minimum atomic E-state index is -3.69. The monoisotopic (exact) mass is 629 g/mol. The van der Waals surface area contributed by atoms with Gasteiger partial charge in [-0.3, -0.25) is 9.59 Å². The third kappa shape index (κ3) is 8.34. The number of halogens is 2. The number of hydrogen-bond acceptors (Lipinski definition) is 4. The van der Waals surface area contributed by atoms with Crippen LogP contribution < -0.4 is 5.32 Å². The molecule has 7 nitrogen and oxygen atoms in total. The summed E-state index contributed by atoms with van der Waals surface area (Å²) >= 11 is 13.0. The molecule has 2 amide bonds. The number of amides is 2. The van der Waals surface area contributed by atoms with E-state index in [9.17, 15) is 18.0 Å². The molecule has 4 rings (SSSR count). The maximum absolute atomic E-state index is 13.9. The molecule has 0 spiro atoms. The highest BCUT2D eigenvalue weighted by atomic mass is 35.5. The number of nitrogens with one attached hydrogen (secondary N) is 1. The van der Waals surface area contributed by atoms with E-state index in [1.54, 1.807) is 53.4 Å². The molecule has 1 aliphatic rings. The number of sulfonamides is 1. The summed E-state index contributed by atoms with van der Waals surface area (Å²) in [5, 5.41) is 3.99. The first-order chi connectivity index (χ1) is 20.2. The second-order valence-electron chi connectivity index (χ2n) is 10.7. The van der Waals surface area contributed by atoms with Gasteiger partial charge in [0.15, 0.2) is 0 Å². The van der Waals surface area contributed by atoms with Gasteiger partial charge in [0, 0.05) is 54.6 Å². The smallest absolute Gasteiger partial charge is 0.243 e. The van der Waals surface area contributed by atoms with Crippen molar-refractivity contribution in [3.63, 3.8) is 0 Å². The van der Waals surface area contributed by atoms with Gasteiger partial charge >= 0.3 is 0 Å². The number of carbonyl (C=O) groups is 2. The summed E-state index contributed by atoms with van der Waals surface area (Å²) in [5.74, 6) is -0.495. The SMILES string of the molecule is CN(CCCC(=O)N(Cc1c(Cl)cccc1Cl)C(Cc1ccccc1)C(=O)NC1CCCC1)S(=O)(=O)c1ccccc1. The summed E-state index contributed by atoms with van der Waals surface area (Å²) in [6.45, 7) is 0.187. The summed E-state index contributed by atoms with van der Waals surface area (Å²) in [6.07, 6.45) is 4.58. The van der Waals surface area contributed by atoms with Gasteiger partial charge in [-0.05, 0) is 49.1 Å². The summed E-state index contributed by atoms with van der Waals surface area (Å²) in [4.78, 5) is 29.5. The summed E-state index contributed by atoms with van der Waals surface area (Å²) < 4.78 is 27.2. The number of hydrogen-bond donors (Lipinski definition) is 1. The molecule has 0 saturated heterocycles. The Morgan fingerprint density at radius 2 is 1.50 bits per heavy atom. The number of nitrogens with zero attached hydrogens (tertiary/aromatic N) is 2. The van der Waals surface area contributed by atoms with Crippen molar-refractivity contribution in [1.29, 1.82) is 0 Å². The normalized spacial score (nSPS) is 14.6. The quantitative estimate of drug-likeness (QED) is 0.248. The topological polar surface area (TPSA) is 86.8 Å². The molecule has 0 aliphatic heterocycles. The third-order valence-corrected chi connectivity index (χ3v) is 10.3. The lowest BCUT2D eigenvalue weighted by molar-refractivity contribution is -0.141. The molecule has 0 bridgehead atoms. The fraction of sp³-hybridized carbons (Fsp3) is 0.375. The van der Waals surface area contributed by atoms with Crippen molar-refractivity contribution in [2.45, 2.75) is 68.5 Å². The molecular weight excluding hydrogens is 593 g/mol. The molecule has 0 radical (unpaired) electrons. The van der Waals surface area contributed by atoms with Crippen LogP contribution in [0, 0.1) is 0 Å². The van der Waals surface area contributed by atoms with E-state index in [1.165, 1.54) is 11.4 Å². The van der Waals surface area contributed by atoms with E-state index in [2.05, 4.69) is 5.32 Å². The standard InChI is InChI=1S/C32H37Cl2N3O4S/c1-36(42(40,41)26-16-6-3-7-17-26)21-11-20-31(38)37(23-27-28(33)18-10-19-29(27)34)30(22-24-12-4-2-5-13-24)32(39)35-25-14-8-9-15-25/h2-7,10,12-13,16-19,25,30H,8-9,11,14-15,20-23H2,1H3,(H,35,39). The Balaban J connectivity index is 1.58. The Hall–Kier alpha value is -2.91. The molecule has 224 valence electrons. The van der Waals surface area contributed by atoms with E-state index < -0.39 is 16.1 Å². The average Bonchev–Trinajstić information content (AvgIpc) is 3.50. The van der Waals surface area contributed by atoms with Crippen molar-refractivity contribution in [2.75, 3.05) is 13.6 Å². The summed E-state index contributed by atoms with van der Waals surface area (Å²) in [7, 11) is -2.19. The van der Waals surface area contributed by atoms with Crippen molar-refractivity contribution in [3.8, 4) is 0 Å². The van der Waals surface area contributed by atoms with Gasteiger partial charge in [0.25, 0.3) is 0 Å². The molecule has 1 atom stereocenters. The Morgan fingerprint density at radius 1 is 0.905 bits per heavy atom. The number of rotatable bonds is 13. The zero-order chi connectivity index (χ0) is 30.1. The first-order valence-electron chi connectivity index (χ1n) is 14.2. The molecule has 0 aromatic heterocycles. The fourth-order valence-electron chi connectivity index (χ4n) is 5.26. The molecule has 0 heterocycles. The number of benzene rings is 3. The lowest BCUT2D eigenvalue weighted by Gasteiger charge is -2.33. The van der Waals surface area contributed by atoms with Crippen molar-refractivity contribution in [1.82, 2.24) is 14.5 Å². The molecule has 42 heavy (non-hydrogen) atoms. The first-order valence-corrected chi connectivity index (χ1v) is 16.4. The predicted molar refractivity (Wildman–Crippen MR) is 167 cm³/mol. The lowest BCUT2D eigenvalue weighted by atomic mass is 10.0. The van der Waals surface area contributed by atoms with E-state index >= 15 is 0 Å². The maximum Gasteiger partial charge on any atom is 0.243 e. The van der Waals surface area contributed by atoms with Crippen LogP contribution in [0.4, 0.5) is 0 Å². The molecule has 1 unspecified atom stereocenters. The highest BCUT2D eigenvalue weighted by molar-refractivity contribution is 7.89. The van der Waals surface area contributed by atoms with Gasteiger partial charge < -0.3 is 10.2 Å². The van der Waals surface area contributed by atoms with Crippen molar-refractivity contribution >= 4 is 45.0 Å². The van der Waals surface area contributed by atoms with Gasteiger partial charge in [0.1, 0.15) is 6.04 Å². The molecule has 1 saturated carbocycles. The van der Waals surface area contributed by atoms with Gasteiger partial charge in [-0.1, -0.05) is 90.6 Å². The van der Waals surface area contributed by atoms with Gasteiger partial charge in [0.2, 0.25) is 21.8 Å². The second kappa shape index (κ2) is 15.0. The molecule has 1 fully saturated rings. The van der Waals surface area contributed by atoms with Crippen LogP contribution in [0.5, 0.6) is 0 Å². The van der Waals surface area contributed by atoms with Crippen LogP contribution in [0.3, 0.4) is 0 Å². The van der Waals surface area contributed by atoms with Crippen LogP contribution >= 0.6 is 23.2 Å². The summed E-state index contributed by atoms with van der Waals surface area (Å²) in [5.41, 5.74) is 1.48. The van der Waals surface area contributed by atoms with Gasteiger partial charge in [-0.2, -0.15) is 0 Å². The maximum atomic E-state index is 13.9. The van der Waals surface area contributed by atoms with Crippen LogP contribution in [-0.2, 0) is 32.6 Å². The predicted octanol–water partition coefficient (Wildman–Crippen LogP) is 6.09. The molecular formula is C32H37Cl2N3O4S. The van der Waals surface area contributed by atoms with Gasteiger partial charge in [-0.25, -0.2) is 12.7 Å². The summed E-state index contributed by atoms with van der Waals surface area (Å²) in [6, 6.07) is 22.2. The van der Waals surface area contributed by atoms with E-state index in [0.717, 1.165) is 31.2 Å². The molecule has 3 aromatic rings. The largest absolute Gasteiger partial charge is 0.352 e. The van der Waals surface area contributed by atoms with E-state index in [4.69, 9.17) is 23.2 Å². The highest BCUT2D eigenvalue weighted by Gasteiger charge is 2.33. The Morgan fingerprint density at radius 3 is 2.12 bits per heavy atom.